The minimum Gasteiger partial charge on any atom is -0.478 e. The van der Waals surface area contributed by atoms with Gasteiger partial charge in [-0.15, -0.1) is 0 Å². The predicted octanol–water partition coefficient (Wildman–Crippen LogP) is 1.82. The molecule has 6 nitrogen and oxygen atoms in total. The Hall–Kier alpha value is -2.37. The third kappa shape index (κ3) is 2.74. The van der Waals surface area contributed by atoms with E-state index >= 15 is 0 Å². The molecule has 1 aromatic heterocycles. The highest BCUT2D eigenvalue weighted by atomic mass is 16.4. The van der Waals surface area contributed by atoms with Gasteiger partial charge in [0.25, 0.3) is 0 Å². The first-order chi connectivity index (χ1) is 9.76. The number of hydrogen-bond acceptors (Lipinski definition) is 3. The largest absolute Gasteiger partial charge is 0.478 e. The Bertz CT molecular complexity index is 716. The second-order valence-electron chi connectivity index (χ2n) is 5.72. The zero-order valence-electron chi connectivity index (χ0n) is 12.6. The van der Waals surface area contributed by atoms with E-state index in [2.05, 4.69) is 10.3 Å². The van der Waals surface area contributed by atoms with Crippen molar-refractivity contribution < 1.29 is 14.7 Å². The Kier molecular flexibility index (Phi) is 3.72. The second kappa shape index (κ2) is 5.20. The summed E-state index contributed by atoms with van der Waals surface area (Å²) in [4.78, 5) is 27.5. The number of carboxylic acids is 1. The number of carbonyl (C=O) groups is 2. The molecule has 0 saturated heterocycles. The smallest absolute Gasteiger partial charge is 0.335 e. The van der Waals surface area contributed by atoms with Crippen molar-refractivity contribution in [3.8, 4) is 0 Å². The monoisotopic (exact) mass is 289 g/mol. The quantitative estimate of drug-likeness (QED) is 0.899. The fraction of sp³-hybridized carbons (Fsp3) is 0.400. The first-order valence-corrected chi connectivity index (χ1v) is 6.68. The van der Waals surface area contributed by atoms with Gasteiger partial charge in [0.1, 0.15) is 5.82 Å². The number of hydrogen-bond donors (Lipinski definition) is 2. The number of carbonyl (C=O) groups excluding carboxylic acids is 1. The van der Waals surface area contributed by atoms with E-state index in [0.717, 1.165) is 16.9 Å². The van der Waals surface area contributed by atoms with Crippen LogP contribution in [0.1, 0.15) is 30.0 Å². The zero-order valence-corrected chi connectivity index (χ0v) is 12.6. The maximum atomic E-state index is 11.9. The zero-order chi connectivity index (χ0) is 15.8. The molecule has 2 rings (SSSR count). The topological polar surface area (TPSA) is 84.2 Å². The molecule has 112 valence electrons. The Labute approximate surface area is 122 Å². The molecule has 0 fully saturated rings. The number of rotatable bonds is 4. The van der Waals surface area contributed by atoms with Crippen molar-refractivity contribution in [3.63, 3.8) is 0 Å². The van der Waals surface area contributed by atoms with Gasteiger partial charge in [-0.25, -0.2) is 9.78 Å². The summed E-state index contributed by atoms with van der Waals surface area (Å²) in [5.74, 6) is -0.296. The molecule has 6 heteroatoms. The van der Waals surface area contributed by atoms with Crippen molar-refractivity contribution in [1.29, 1.82) is 0 Å². The van der Waals surface area contributed by atoms with Gasteiger partial charge in [-0.1, -0.05) is 0 Å². The fourth-order valence-electron chi connectivity index (χ4n) is 2.38. The molecule has 0 bridgehead atoms. The lowest BCUT2D eigenvalue weighted by atomic mass is 9.92. The highest BCUT2D eigenvalue weighted by molar-refractivity contribution is 5.92. The lowest BCUT2D eigenvalue weighted by Crippen LogP contribution is -2.37. The minimum absolute atomic E-state index is 0.0712. The van der Waals surface area contributed by atoms with E-state index < -0.39 is 11.4 Å². The van der Waals surface area contributed by atoms with Gasteiger partial charge in [0, 0.05) is 13.6 Å². The molecule has 2 N–H and O–H groups in total. The van der Waals surface area contributed by atoms with Gasteiger partial charge in [-0.05, 0) is 39.0 Å². The summed E-state index contributed by atoms with van der Waals surface area (Å²) in [5, 5.41) is 11.8. The highest BCUT2D eigenvalue weighted by Gasteiger charge is 2.28. The number of nitrogens with one attached hydrogen (secondary N) is 1. The van der Waals surface area contributed by atoms with Crippen LogP contribution in [-0.4, -0.2) is 33.6 Å². The van der Waals surface area contributed by atoms with Gasteiger partial charge in [0.05, 0.1) is 22.0 Å². The van der Waals surface area contributed by atoms with E-state index in [9.17, 15) is 9.59 Å². The standard InChI is InChI=1S/C15H19N3O3/c1-9-17-11-6-5-10(13(19)20)7-12(11)18(9)8-15(2,3)14(21)16-4/h5-7H,8H2,1-4H3,(H,16,21)(H,19,20). The maximum absolute atomic E-state index is 11.9. The van der Waals surface area contributed by atoms with Crippen LogP contribution in [0, 0.1) is 12.3 Å². The van der Waals surface area contributed by atoms with E-state index in [-0.39, 0.29) is 11.5 Å². The average Bonchev–Trinajstić information content (AvgIpc) is 2.73. The first kappa shape index (κ1) is 15.0. The molecule has 0 aliphatic heterocycles. The molecular formula is C15H19N3O3. The van der Waals surface area contributed by atoms with Crippen LogP contribution in [-0.2, 0) is 11.3 Å². The summed E-state index contributed by atoms with van der Waals surface area (Å²) in [7, 11) is 1.60. The number of aryl methyl sites for hydroxylation is 1. The molecule has 1 amide bonds. The third-order valence-electron chi connectivity index (χ3n) is 3.58. The van der Waals surface area contributed by atoms with Crippen LogP contribution in [0.3, 0.4) is 0 Å². The molecule has 1 heterocycles. The number of benzene rings is 1. The van der Waals surface area contributed by atoms with Crippen LogP contribution in [0.2, 0.25) is 0 Å². The van der Waals surface area contributed by atoms with Crippen LogP contribution < -0.4 is 5.32 Å². The average molecular weight is 289 g/mol. The summed E-state index contributed by atoms with van der Waals surface area (Å²) in [5.41, 5.74) is 1.04. The molecule has 0 aliphatic rings. The summed E-state index contributed by atoms with van der Waals surface area (Å²) in [6.45, 7) is 5.97. The van der Waals surface area contributed by atoms with Gasteiger partial charge < -0.3 is 15.0 Å². The van der Waals surface area contributed by atoms with Crippen LogP contribution >= 0.6 is 0 Å². The number of amides is 1. The predicted molar refractivity (Wildman–Crippen MR) is 79.3 cm³/mol. The molecule has 0 saturated carbocycles. The van der Waals surface area contributed by atoms with E-state index in [1.54, 1.807) is 19.2 Å². The molecule has 1 aromatic carbocycles. The van der Waals surface area contributed by atoms with Gasteiger partial charge in [0.2, 0.25) is 5.91 Å². The first-order valence-electron chi connectivity index (χ1n) is 6.68. The van der Waals surface area contributed by atoms with E-state index in [4.69, 9.17) is 5.11 Å². The highest BCUT2D eigenvalue weighted by Crippen LogP contribution is 2.24. The van der Waals surface area contributed by atoms with Crippen LogP contribution in [0.5, 0.6) is 0 Å². The normalized spacial score (nSPS) is 11.6. The third-order valence-corrected chi connectivity index (χ3v) is 3.58. The Balaban J connectivity index is 2.52. The molecule has 0 radical (unpaired) electrons. The number of carboxylic acid groups (broad SMARTS) is 1. The van der Waals surface area contributed by atoms with Crippen molar-refractivity contribution in [2.24, 2.45) is 5.41 Å². The van der Waals surface area contributed by atoms with Crippen LogP contribution in [0.4, 0.5) is 0 Å². The lowest BCUT2D eigenvalue weighted by molar-refractivity contribution is -0.129. The molecule has 0 aliphatic carbocycles. The number of aromatic nitrogens is 2. The molecule has 0 atom stereocenters. The number of aromatic carboxylic acids is 1. The summed E-state index contributed by atoms with van der Waals surface area (Å²) in [6, 6.07) is 4.82. The Morgan fingerprint density at radius 1 is 1.38 bits per heavy atom. The Morgan fingerprint density at radius 2 is 2.05 bits per heavy atom. The van der Waals surface area contributed by atoms with Gasteiger partial charge in [-0.3, -0.25) is 4.79 Å². The van der Waals surface area contributed by atoms with Gasteiger partial charge in [-0.2, -0.15) is 0 Å². The summed E-state index contributed by atoms with van der Waals surface area (Å²) in [6.07, 6.45) is 0. The van der Waals surface area contributed by atoms with Crippen molar-refractivity contribution >= 4 is 22.9 Å². The van der Waals surface area contributed by atoms with Gasteiger partial charge >= 0.3 is 5.97 Å². The fourth-order valence-corrected chi connectivity index (χ4v) is 2.38. The van der Waals surface area contributed by atoms with E-state index in [1.807, 2.05) is 25.3 Å². The summed E-state index contributed by atoms with van der Waals surface area (Å²) >= 11 is 0. The lowest BCUT2D eigenvalue weighted by Gasteiger charge is -2.24. The molecular weight excluding hydrogens is 270 g/mol. The van der Waals surface area contributed by atoms with Gasteiger partial charge in [0.15, 0.2) is 0 Å². The second-order valence-corrected chi connectivity index (χ2v) is 5.72. The maximum Gasteiger partial charge on any atom is 0.335 e. The molecule has 0 unspecified atom stereocenters. The van der Waals surface area contributed by atoms with Crippen LogP contribution in [0.15, 0.2) is 18.2 Å². The van der Waals surface area contributed by atoms with Crippen molar-refractivity contribution in [2.75, 3.05) is 7.05 Å². The molecule has 0 spiro atoms. The van der Waals surface area contributed by atoms with E-state index in [1.165, 1.54) is 6.07 Å². The van der Waals surface area contributed by atoms with Crippen LogP contribution in [0.25, 0.3) is 11.0 Å². The van der Waals surface area contributed by atoms with Crippen molar-refractivity contribution in [3.05, 3.63) is 29.6 Å². The SMILES string of the molecule is CNC(=O)C(C)(C)Cn1c(C)nc2ccc(C(=O)O)cc21. The Morgan fingerprint density at radius 3 is 2.62 bits per heavy atom. The van der Waals surface area contributed by atoms with Crippen molar-refractivity contribution in [1.82, 2.24) is 14.9 Å². The van der Waals surface area contributed by atoms with E-state index in [0.29, 0.717) is 6.54 Å². The summed E-state index contributed by atoms with van der Waals surface area (Å²) < 4.78 is 1.89. The minimum atomic E-state index is -0.979. The molecule has 21 heavy (non-hydrogen) atoms. The number of fused-ring (bicyclic) bond motifs is 1. The number of nitrogens with zero attached hydrogens (tertiary/aromatic N) is 2. The number of imidazole rings is 1. The van der Waals surface area contributed by atoms with Crippen molar-refractivity contribution in [2.45, 2.75) is 27.3 Å². The molecule has 2 aromatic rings.